The van der Waals surface area contributed by atoms with Gasteiger partial charge < -0.3 is 4.74 Å². The molecule has 6 nitrogen and oxygen atoms in total. The summed E-state index contributed by atoms with van der Waals surface area (Å²) >= 11 is 5.89. The largest absolute Gasteiger partial charge is 0.487 e. The average molecular weight is 330 g/mol. The van der Waals surface area contributed by atoms with Gasteiger partial charge in [0.1, 0.15) is 23.2 Å². The third-order valence-corrected chi connectivity index (χ3v) is 5.01. The Labute approximate surface area is 128 Å². The number of nitrogens with zero attached hydrogens (tertiary/aromatic N) is 3. The Morgan fingerprint density at radius 1 is 1.33 bits per heavy atom. The molecular formula is C13H16ClN3O3S. The number of hydrogen-bond donors (Lipinski definition) is 0. The molecule has 0 saturated carbocycles. The van der Waals surface area contributed by atoms with Crippen LogP contribution in [0.2, 0.25) is 5.15 Å². The summed E-state index contributed by atoms with van der Waals surface area (Å²) in [5, 5.41) is 4.67. The summed E-state index contributed by atoms with van der Waals surface area (Å²) in [6.07, 6.45) is 0. The highest BCUT2D eigenvalue weighted by atomic mass is 35.5. The molecule has 0 atom stereocenters. The summed E-state index contributed by atoms with van der Waals surface area (Å²) in [4.78, 5) is 0.184. The van der Waals surface area contributed by atoms with Crippen LogP contribution in [0.3, 0.4) is 0 Å². The molecule has 0 spiro atoms. The Hall–Kier alpha value is -1.57. The van der Waals surface area contributed by atoms with Crippen molar-refractivity contribution in [2.75, 3.05) is 14.1 Å². The smallest absolute Gasteiger partial charge is 0.242 e. The fourth-order valence-corrected chi connectivity index (χ4v) is 2.76. The molecule has 1 heterocycles. The SMILES string of the molecule is CN(C)S(=O)(=O)c1cccc(OCc2cc(Cl)n(C)n2)c1. The van der Waals surface area contributed by atoms with Crippen molar-refractivity contribution in [2.45, 2.75) is 11.5 Å². The van der Waals surface area contributed by atoms with Gasteiger partial charge in [0, 0.05) is 33.3 Å². The minimum absolute atomic E-state index is 0.184. The topological polar surface area (TPSA) is 64.4 Å². The summed E-state index contributed by atoms with van der Waals surface area (Å²) in [5.41, 5.74) is 0.670. The van der Waals surface area contributed by atoms with Gasteiger partial charge in [0.05, 0.1) is 4.90 Å². The molecule has 0 bridgehead atoms. The number of sulfonamides is 1. The van der Waals surface area contributed by atoms with Crippen molar-refractivity contribution in [1.82, 2.24) is 14.1 Å². The molecule has 1 aromatic carbocycles. The van der Waals surface area contributed by atoms with Crippen LogP contribution in [-0.2, 0) is 23.7 Å². The van der Waals surface area contributed by atoms with Crippen LogP contribution in [0, 0.1) is 0 Å². The molecule has 114 valence electrons. The third-order valence-electron chi connectivity index (χ3n) is 2.84. The number of ether oxygens (including phenoxy) is 1. The van der Waals surface area contributed by atoms with Crippen LogP contribution in [0.25, 0.3) is 0 Å². The highest BCUT2D eigenvalue weighted by molar-refractivity contribution is 7.89. The first kappa shape index (κ1) is 15.8. The molecule has 1 aromatic heterocycles. The Bertz CT molecular complexity index is 721. The molecule has 0 amide bonds. The fraction of sp³-hybridized carbons (Fsp3) is 0.308. The van der Waals surface area contributed by atoms with E-state index in [9.17, 15) is 8.42 Å². The van der Waals surface area contributed by atoms with Crippen molar-refractivity contribution in [2.24, 2.45) is 7.05 Å². The first-order valence-electron chi connectivity index (χ1n) is 6.14. The van der Waals surface area contributed by atoms with Crippen molar-refractivity contribution in [3.63, 3.8) is 0 Å². The zero-order valence-corrected chi connectivity index (χ0v) is 13.5. The Kier molecular flexibility index (Phi) is 4.55. The van der Waals surface area contributed by atoms with E-state index in [0.717, 1.165) is 4.31 Å². The predicted molar refractivity (Wildman–Crippen MR) is 79.9 cm³/mol. The number of benzene rings is 1. The van der Waals surface area contributed by atoms with Gasteiger partial charge in [0.15, 0.2) is 0 Å². The summed E-state index contributed by atoms with van der Waals surface area (Å²) in [6.45, 7) is 0.214. The van der Waals surface area contributed by atoms with Gasteiger partial charge >= 0.3 is 0 Å². The van der Waals surface area contributed by atoms with Crippen molar-refractivity contribution >= 4 is 21.6 Å². The highest BCUT2D eigenvalue weighted by Gasteiger charge is 2.17. The summed E-state index contributed by atoms with van der Waals surface area (Å²) in [6, 6.07) is 8.04. The number of rotatable bonds is 5. The maximum Gasteiger partial charge on any atom is 0.242 e. The molecular weight excluding hydrogens is 314 g/mol. The van der Waals surface area contributed by atoms with Crippen LogP contribution in [0.5, 0.6) is 5.75 Å². The maximum atomic E-state index is 12.0. The molecule has 0 radical (unpaired) electrons. The molecule has 0 aliphatic rings. The van der Waals surface area contributed by atoms with Gasteiger partial charge in [-0.1, -0.05) is 17.7 Å². The predicted octanol–water partition coefficient (Wildman–Crippen LogP) is 1.90. The van der Waals surface area contributed by atoms with Gasteiger partial charge in [-0.3, -0.25) is 4.68 Å². The lowest BCUT2D eigenvalue weighted by atomic mass is 10.3. The Balaban J connectivity index is 2.15. The number of aromatic nitrogens is 2. The molecule has 0 saturated heterocycles. The lowest BCUT2D eigenvalue weighted by molar-refractivity contribution is 0.299. The van der Waals surface area contributed by atoms with E-state index in [0.29, 0.717) is 16.6 Å². The normalized spacial score (nSPS) is 11.9. The van der Waals surface area contributed by atoms with E-state index in [1.807, 2.05) is 0 Å². The molecule has 0 aliphatic carbocycles. The number of aryl methyl sites for hydroxylation is 1. The minimum Gasteiger partial charge on any atom is -0.487 e. The van der Waals surface area contributed by atoms with Crippen molar-refractivity contribution < 1.29 is 13.2 Å². The first-order valence-corrected chi connectivity index (χ1v) is 7.96. The molecule has 2 aromatic rings. The molecule has 0 aliphatic heterocycles. The fourth-order valence-electron chi connectivity index (χ4n) is 1.66. The number of halogens is 1. The molecule has 8 heteroatoms. The van der Waals surface area contributed by atoms with Gasteiger partial charge in [-0.2, -0.15) is 5.10 Å². The van der Waals surface area contributed by atoms with Crippen LogP contribution >= 0.6 is 11.6 Å². The van der Waals surface area contributed by atoms with Gasteiger partial charge in [-0.05, 0) is 12.1 Å². The number of hydrogen-bond acceptors (Lipinski definition) is 4. The standard InChI is InChI=1S/C13H16ClN3O3S/c1-16(2)21(18,19)12-6-4-5-11(8-12)20-9-10-7-13(14)17(3)15-10/h4-8H,9H2,1-3H3. The minimum atomic E-state index is -3.47. The van der Waals surface area contributed by atoms with Crippen molar-refractivity contribution in [1.29, 1.82) is 0 Å². The summed E-state index contributed by atoms with van der Waals surface area (Å²) in [7, 11) is 1.23. The van der Waals surface area contributed by atoms with Crippen molar-refractivity contribution in [3.05, 3.63) is 41.2 Å². The van der Waals surface area contributed by atoms with E-state index in [1.54, 1.807) is 25.2 Å². The van der Waals surface area contributed by atoms with E-state index in [2.05, 4.69) is 5.10 Å². The van der Waals surface area contributed by atoms with E-state index in [1.165, 1.54) is 30.9 Å². The second-order valence-electron chi connectivity index (χ2n) is 4.63. The summed E-state index contributed by atoms with van der Waals surface area (Å²) in [5.74, 6) is 0.458. The average Bonchev–Trinajstić information content (AvgIpc) is 2.76. The monoisotopic (exact) mass is 329 g/mol. The quantitative estimate of drug-likeness (QED) is 0.840. The zero-order valence-electron chi connectivity index (χ0n) is 11.9. The first-order chi connectivity index (χ1) is 9.80. The Morgan fingerprint density at radius 2 is 2.05 bits per heavy atom. The second kappa shape index (κ2) is 6.05. The summed E-state index contributed by atoms with van der Waals surface area (Å²) < 4.78 is 32.3. The van der Waals surface area contributed by atoms with E-state index in [-0.39, 0.29) is 11.5 Å². The maximum absolute atomic E-state index is 12.0. The van der Waals surface area contributed by atoms with E-state index < -0.39 is 10.0 Å². The van der Waals surface area contributed by atoms with Crippen LogP contribution in [0.15, 0.2) is 35.2 Å². The lowest BCUT2D eigenvalue weighted by Gasteiger charge is -2.12. The molecule has 0 unspecified atom stereocenters. The van der Waals surface area contributed by atoms with Crippen LogP contribution in [0.1, 0.15) is 5.69 Å². The van der Waals surface area contributed by atoms with E-state index in [4.69, 9.17) is 16.3 Å². The van der Waals surface area contributed by atoms with Crippen LogP contribution in [0.4, 0.5) is 0 Å². The van der Waals surface area contributed by atoms with Gasteiger partial charge in [-0.15, -0.1) is 0 Å². The molecule has 21 heavy (non-hydrogen) atoms. The molecule has 2 rings (SSSR count). The highest BCUT2D eigenvalue weighted by Crippen LogP contribution is 2.20. The third kappa shape index (κ3) is 3.55. The van der Waals surface area contributed by atoms with E-state index >= 15 is 0 Å². The van der Waals surface area contributed by atoms with Crippen LogP contribution in [-0.4, -0.2) is 36.6 Å². The van der Waals surface area contributed by atoms with Gasteiger partial charge in [-0.25, -0.2) is 12.7 Å². The second-order valence-corrected chi connectivity index (χ2v) is 7.17. The van der Waals surface area contributed by atoms with Crippen LogP contribution < -0.4 is 4.74 Å². The molecule has 0 N–H and O–H groups in total. The van der Waals surface area contributed by atoms with Crippen molar-refractivity contribution in [3.8, 4) is 5.75 Å². The lowest BCUT2D eigenvalue weighted by Crippen LogP contribution is -2.22. The molecule has 0 fully saturated rings. The zero-order chi connectivity index (χ0) is 15.6. The van der Waals surface area contributed by atoms with Gasteiger partial charge in [0.2, 0.25) is 10.0 Å². The Morgan fingerprint density at radius 3 is 2.62 bits per heavy atom. The van der Waals surface area contributed by atoms with Gasteiger partial charge in [0.25, 0.3) is 0 Å².